The minimum atomic E-state index is 0.674. The highest BCUT2D eigenvalue weighted by Crippen LogP contribution is 2.29. The third-order valence-corrected chi connectivity index (χ3v) is 5.41. The van der Waals surface area contributed by atoms with Crippen LogP contribution in [0.2, 0.25) is 0 Å². The van der Waals surface area contributed by atoms with Gasteiger partial charge in [-0.15, -0.1) is 0 Å². The van der Waals surface area contributed by atoms with E-state index in [1.54, 1.807) is 7.11 Å². The van der Waals surface area contributed by atoms with Crippen LogP contribution in [0.25, 0.3) is 0 Å². The monoisotopic (exact) mass is 317 g/mol. The van der Waals surface area contributed by atoms with Gasteiger partial charge >= 0.3 is 0 Å². The molecule has 2 heterocycles. The van der Waals surface area contributed by atoms with Gasteiger partial charge in [-0.1, -0.05) is 12.1 Å². The normalized spacial score (nSPS) is 24.2. The van der Waals surface area contributed by atoms with Crippen molar-refractivity contribution in [3.63, 3.8) is 0 Å². The fraction of sp³-hybridized carbons (Fsp3) is 0.684. The van der Waals surface area contributed by atoms with E-state index in [0.717, 1.165) is 38.0 Å². The quantitative estimate of drug-likeness (QED) is 0.850. The summed E-state index contributed by atoms with van der Waals surface area (Å²) in [5, 5.41) is 0. The van der Waals surface area contributed by atoms with Gasteiger partial charge in [0.15, 0.2) is 0 Å². The van der Waals surface area contributed by atoms with E-state index in [9.17, 15) is 0 Å². The molecule has 0 amide bonds. The van der Waals surface area contributed by atoms with Gasteiger partial charge in [0.25, 0.3) is 0 Å². The Kier molecular flexibility index (Phi) is 5.44. The molecule has 0 saturated carbocycles. The maximum Gasteiger partial charge on any atom is 0.142 e. The van der Waals surface area contributed by atoms with Gasteiger partial charge in [-0.2, -0.15) is 0 Å². The molecule has 0 aromatic heterocycles. The Morgan fingerprint density at radius 3 is 2.48 bits per heavy atom. The molecule has 1 atom stereocenters. The van der Waals surface area contributed by atoms with E-state index in [0.29, 0.717) is 6.04 Å². The Balaban J connectivity index is 1.58. The first kappa shape index (κ1) is 16.6. The first-order valence-electron chi connectivity index (χ1n) is 9.05. The average Bonchev–Trinajstić information content (AvgIpc) is 2.62. The van der Waals surface area contributed by atoms with Crippen LogP contribution in [0.3, 0.4) is 0 Å². The van der Waals surface area contributed by atoms with Crippen molar-refractivity contribution in [3.05, 3.63) is 24.3 Å². The summed E-state index contributed by atoms with van der Waals surface area (Å²) in [6, 6.07) is 9.80. The van der Waals surface area contributed by atoms with Gasteiger partial charge in [0.1, 0.15) is 5.75 Å². The summed E-state index contributed by atoms with van der Waals surface area (Å²) in [7, 11) is 1.76. The van der Waals surface area contributed by atoms with Crippen molar-refractivity contribution in [2.45, 2.75) is 38.8 Å². The summed E-state index contributed by atoms with van der Waals surface area (Å²) < 4.78 is 5.52. The molecule has 4 nitrogen and oxygen atoms in total. The number of methoxy groups -OCH3 is 1. The van der Waals surface area contributed by atoms with E-state index in [4.69, 9.17) is 4.74 Å². The maximum atomic E-state index is 5.52. The molecule has 0 N–H and O–H groups in total. The smallest absolute Gasteiger partial charge is 0.142 e. The summed E-state index contributed by atoms with van der Waals surface area (Å²) >= 11 is 0. The molecule has 0 aliphatic carbocycles. The largest absolute Gasteiger partial charge is 0.495 e. The van der Waals surface area contributed by atoms with Gasteiger partial charge in [-0.25, -0.2) is 0 Å². The molecule has 0 radical (unpaired) electrons. The predicted molar refractivity (Wildman–Crippen MR) is 96.5 cm³/mol. The highest BCUT2D eigenvalue weighted by Gasteiger charge is 2.29. The summed E-state index contributed by atoms with van der Waals surface area (Å²) in [6.07, 6.45) is 2.70. The number of hydrogen-bond acceptors (Lipinski definition) is 4. The number of para-hydroxylation sites is 2. The van der Waals surface area contributed by atoms with Crippen LogP contribution in [-0.2, 0) is 0 Å². The molecule has 0 bridgehead atoms. The van der Waals surface area contributed by atoms with Crippen molar-refractivity contribution in [1.82, 2.24) is 9.80 Å². The Labute approximate surface area is 141 Å². The van der Waals surface area contributed by atoms with Gasteiger partial charge in [0.05, 0.1) is 12.8 Å². The van der Waals surface area contributed by atoms with Gasteiger partial charge in [-0.05, 0) is 45.4 Å². The van der Waals surface area contributed by atoms with Crippen molar-refractivity contribution in [1.29, 1.82) is 0 Å². The number of ether oxygens (including phenoxy) is 1. The molecule has 2 saturated heterocycles. The zero-order valence-electron chi connectivity index (χ0n) is 14.9. The molecular weight excluding hydrogens is 286 g/mol. The molecule has 0 spiro atoms. The number of benzene rings is 1. The Hall–Kier alpha value is -1.26. The van der Waals surface area contributed by atoms with Crippen LogP contribution in [0.5, 0.6) is 5.75 Å². The van der Waals surface area contributed by atoms with Gasteiger partial charge in [-0.3, -0.25) is 9.80 Å². The molecule has 2 fully saturated rings. The van der Waals surface area contributed by atoms with E-state index in [-0.39, 0.29) is 0 Å². The minimum absolute atomic E-state index is 0.674. The van der Waals surface area contributed by atoms with Crippen LogP contribution in [0.15, 0.2) is 24.3 Å². The lowest BCUT2D eigenvalue weighted by Gasteiger charge is -2.45. The standard InChI is InChI=1S/C19H31N3O/c1-16(2)22-10-6-7-17(15-22)20-11-13-21(14-12-20)18-8-4-5-9-19(18)23-3/h4-5,8-9,16-17H,6-7,10-15H2,1-3H3/t17-/m1/s1. The summed E-state index contributed by atoms with van der Waals surface area (Å²) in [4.78, 5) is 7.82. The average molecular weight is 317 g/mol. The Bertz CT molecular complexity index is 497. The highest BCUT2D eigenvalue weighted by molar-refractivity contribution is 5.58. The highest BCUT2D eigenvalue weighted by atomic mass is 16.5. The number of piperidine rings is 1. The van der Waals surface area contributed by atoms with E-state index in [1.165, 1.54) is 31.6 Å². The van der Waals surface area contributed by atoms with Crippen LogP contribution < -0.4 is 9.64 Å². The number of piperazine rings is 1. The van der Waals surface area contributed by atoms with Crippen molar-refractivity contribution in [2.24, 2.45) is 0 Å². The lowest BCUT2D eigenvalue weighted by atomic mass is 10.0. The minimum Gasteiger partial charge on any atom is -0.495 e. The number of rotatable bonds is 4. The Morgan fingerprint density at radius 2 is 1.78 bits per heavy atom. The number of hydrogen-bond donors (Lipinski definition) is 0. The third-order valence-electron chi connectivity index (χ3n) is 5.41. The van der Waals surface area contributed by atoms with Gasteiger partial charge in [0.2, 0.25) is 0 Å². The summed E-state index contributed by atoms with van der Waals surface area (Å²) in [5.41, 5.74) is 1.24. The second-order valence-corrected chi connectivity index (χ2v) is 7.08. The van der Waals surface area contributed by atoms with Crippen LogP contribution >= 0.6 is 0 Å². The number of anilines is 1. The lowest BCUT2D eigenvalue weighted by Crippen LogP contribution is -2.56. The summed E-state index contributed by atoms with van der Waals surface area (Å²) in [5.74, 6) is 0.990. The Morgan fingerprint density at radius 1 is 1.04 bits per heavy atom. The van der Waals surface area contributed by atoms with Crippen LogP contribution in [-0.4, -0.2) is 68.3 Å². The lowest BCUT2D eigenvalue weighted by molar-refractivity contribution is 0.0760. The fourth-order valence-corrected chi connectivity index (χ4v) is 3.97. The molecule has 1 aromatic rings. The van der Waals surface area contributed by atoms with E-state index in [1.807, 2.05) is 6.07 Å². The molecule has 2 aliphatic heterocycles. The topological polar surface area (TPSA) is 19.0 Å². The SMILES string of the molecule is COc1ccccc1N1CCN([C@@H]2CCCN(C(C)C)C2)CC1. The van der Waals surface area contributed by atoms with E-state index in [2.05, 4.69) is 46.7 Å². The first-order valence-corrected chi connectivity index (χ1v) is 9.05. The maximum absolute atomic E-state index is 5.52. The molecule has 2 aliphatic rings. The van der Waals surface area contributed by atoms with Crippen LogP contribution in [0, 0.1) is 0 Å². The fourth-order valence-electron chi connectivity index (χ4n) is 3.97. The molecule has 0 unspecified atom stereocenters. The molecular formula is C19H31N3O. The zero-order chi connectivity index (χ0) is 16.2. The van der Waals surface area contributed by atoms with Crippen molar-refractivity contribution in [3.8, 4) is 5.75 Å². The van der Waals surface area contributed by atoms with Crippen molar-refractivity contribution in [2.75, 3.05) is 51.3 Å². The molecule has 23 heavy (non-hydrogen) atoms. The molecule has 3 rings (SSSR count). The van der Waals surface area contributed by atoms with Crippen molar-refractivity contribution >= 4 is 5.69 Å². The molecule has 128 valence electrons. The van der Waals surface area contributed by atoms with E-state index < -0.39 is 0 Å². The zero-order valence-corrected chi connectivity index (χ0v) is 14.9. The molecule has 4 heteroatoms. The third kappa shape index (κ3) is 3.81. The number of nitrogens with zero attached hydrogens (tertiary/aromatic N) is 3. The van der Waals surface area contributed by atoms with E-state index >= 15 is 0 Å². The second kappa shape index (κ2) is 7.54. The first-order chi connectivity index (χ1) is 11.2. The van der Waals surface area contributed by atoms with Crippen molar-refractivity contribution < 1.29 is 4.74 Å². The number of likely N-dealkylation sites (tertiary alicyclic amines) is 1. The van der Waals surface area contributed by atoms with Gasteiger partial charge < -0.3 is 9.64 Å². The van der Waals surface area contributed by atoms with Crippen LogP contribution in [0.1, 0.15) is 26.7 Å². The van der Waals surface area contributed by atoms with Gasteiger partial charge in [0, 0.05) is 44.8 Å². The van der Waals surface area contributed by atoms with Crippen LogP contribution in [0.4, 0.5) is 5.69 Å². The predicted octanol–water partition coefficient (Wildman–Crippen LogP) is 2.69. The molecule has 1 aromatic carbocycles. The summed E-state index contributed by atoms with van der Waals surface area (Å²) in [6.45, 7) is 11.7. The second-order valence-electron chi connectivity index (χ2n) is 7.08.